The maximum atomic E-state index is 11.8. The first-order chi connectivity index (χ1) is 8.81. The number of nitrogens with one attached hydrogen (secondary N) is 2. The molecule has 6 heteroatoms. The molecule has 0 aliphatic carbocycles. The summed E-state index contributed by atoms with van der Waals surface area (Å²) in [6.07, 6.45) is 3.16. The summed E-state index contributed by atoms with van der Waals surface area (Å²) in [6, 6.07) is 3.62. The predicted octanol–water partition coefficient (Wildman–Crippen LogP) is 1.74. The molecule has 0 bridgehead atoms. The van der Waals surface area contributed by atoms with Gasteiger partial charge in [0.05, 0.1) is 12.5 Å². The molecule has 18 heavy (non-hydrogen) atoms. The summed E-state index contributed by atoms with van der Waals surface area (Å²) >= 11 is 1.33. The molecule has 2 rings (SSSR count). The number of aromatic nitrogens is 1. The number of amides is 1. The molecule has 2 aromatic heterocycles. The molecule has 0 saturated carbocycles. The first-order valence-corrected chi connectivity index (χ1v) is 6.61. The molecular weight excluding hydrogens is 250 g/mol. The number of thiazole rings is 1. The van der Waals surface area contributed by atoms with Crippen molar-refractivity contribution in [2.45, 2.75) is 6.92 Å². The zero-order chi connectivity index (χ0) is 12.8. The molecule has 0 aliphatic rings. The molecule has 0 fully saturated rings. The normalized spacial score (nSPS) is 10.5. The maximum Gasteiger partial charge on any atom is 0.263 e. The Hall–Kier alpha value is -1.66. The van der Waals surface area contributed by atoms with Crippen LogP contribution >= 0.6 is 11.3 Å². The molecule has 0 atom stereocenters. The van der Waals surface area contributed by atoms with Crippen LogP contribution in [0.1, 0.15) is 16.6 Å². The van der Waals surface area contributed by atoms with E-state index in [4.69, 9.17) is 4.42 Å². The average molecular weight is 265 g/mol. The highest BCUT2D eigenvalue weighted by atomic mass is 32.1. The van der Waals surface area contributed by atoms with Crippen LogP contribution in [0.5, 0.6) is 0 Å². The van der Waals surface area contributed by atoms with Gasteiger partial charge >= 0.3 is 0 Å². The number of rotatable bonds is 6. The first kappa shape index (κ1) is 12.8. The molecule has 0 saturated heterocycles. The predicted molar refractivity (Wildman–Crippen MR) is 70.7 cm³/mol. The van der Waals surface area contributed by atoms with Crippen LogP contribution < -0.4 is 10.6 Å². The maximum absolute atomic E-state index is 11.8. The number of carbonyl (C=O) groups is 1. The third kappa shape index (κ3) is 3.18. The second kappa shape index (κ2) is 6.32. The summed E-state index contributed by atoms with van der Waals surface area (Å²) < 4.78 is 5.23. The van der Waals surface area contributed by atoms with E-state index in [1.165, 1.54) is 11.3 Å². The van der Waals surface area contributed by atoms with Crippen molar-refractivity contribution < 1.29 is 9.21 Å². The van der Waals surface area contributed by atoms with Gasteiger partial charge in [0.1, 0.15) is 4.88 Å². The van der Waals surface area contributed by atoms with Gasteiger partial charge in [0, 0.05) is 13.1 Å². The third-order valence-electron chi connectivity index (χ3n) is 2.30. The second-order valence-electron chi connectivity index (χ2n) is 3.62. The summed E-state index contributed by atoms with van der Waals surface area (Å²) in [5.74, 6) is 0.593. The van der Waals surface area contributed by atoms with Gasteiger partial charge in [-0.2, -0.15) is 0 Å². The molecule has 0 aromatic carbocycles. The zero-order valence-corrected chi connectivity index (χ0v) is 10.9. The topological polar surface area (TPSA) is 67.2 Å². The Kier molecular flexibility index (Phi) is 4.49. The van der Waals surface area contributed by atoms with E-state index in [9.17, 15) is 4.79 Å². The molecule has 2 aromatic rings. The van der Waals surface area contributed by atoms with E-state index in [1.807, 2.05) is 13.0 Å². The van der Waals surface area contributed by atoms with E-state index in [1.54, 1.807) is 18.5 Å². The van der Waals surface area contributed by atoms with Crippen molar-refractivity contribution in [2.75, 3.05) is 19.6 Å². The van der Waals surface area contributed by atoms with E-state index < -0.39 is 0 Å². The lowest BCUT2D eigenvalue weighted by molar-refractivity contribution is 0.0958. The molecule has 0 unspecified atom stereocenters. The minimum absolute atomic E-state index is 0.0943. The van der Waals surface area contributed by atoms with Gasteiger partial charge in [-0.15, -0.1) is 11.3 Å². The minimum Gasteiger partial charge on any atom is -0.462 e. The SMILES string of the molecule is CCNCCNC(=O)c1cnc(-c2ccco2)s1. The molecule has 0 spiro atoms. The van der Waals surface area contributed by atoms with Gasteiger partial charge in [-0.25, -0.2) is 4.98 Å². The second-order valence-corrected chi connectivity index (χ2v) is 4.65. The molecule has 0 aliphatic heterocycles. The molecule has 5 nitrogen and oxygen atoms in total. The molecule has 0 radical (unpaired) electrons. The van der Waals surface area contributed by atoms with Crippen molar-refractivity contribution >= 4 is 17.2 Å². The largest absolute Gasteiger partial charge is 0.462 e. The molecule has 2 heterocycles. The van der Waals surface area contributed by atoms with Crippen LogP contribution in [0.3, 0.4) is 0 Å². The lowest BCUT2D eigenvalue weighted by Crippen LogP contribution is -2.31. The highest BCUT2D eigenvalue weighted by Gasteiger charge is 2.12. The van der Waals surface area contributed by atoms with Crippen molar-refractivity contribution in [3.8, 4) is 10.8 Å². The quantitative estimate of drug-likeness (QED) is 0.781. The van der Waals surface area contributed by atoms with Crippen LogP contribution in [0.25, 0.3) is 10.8 Å². The van der Waals surface area contributed by atoms with Gasteiger partial charge in [0.25, 0.3) is 5.91 Å². The van der Waals surface area contributed by atoms with E-state index in [-0.39, 0.29) is 5.91 Å². The monoisotopic (exact) mass is 265 g/mol. The third-order valence-corrected chi connectivity index (χ3v) is 3.31. The summed E-state index contributed by atoms with van der Waals surface area (Å²) in [5, 5.41) is 6.69. The molecule has 96 valence electrons. The Balaban J connectivity index is 1.91. The zero-order valence-electron chi connectivity index (χ0n) is 10.1. The number of nitrogens with zero attached hydrogens (tertiary/aromatic N) is 1. The Bertz CT molecular complexity index is 493. The van der Waals surface area contributed by atoms with E-state index >= 15 is 0 Å². The lowest BCUT2D eigenvalue weighted by atomic mass is 10.4. The fraction of sp³-hybridized carbons (Fsp3) is 0.333. The number of likely N-dealkylation sites (N-methyl/N-ethyl adjacent to an activating group) is 1. The first-order valence-electron chi connectivity index (χ1n) is 5.80. The standard InChI is InChI=1S/C12H15N3O2S/c1-2-13-5-6-14-11(16)10-8-15-12(18-10)9-4-3-7-17-9/h3-4,7-8,13H,2,5-6H2,1H3,(H,14,16). The highest BCUT2D eigenvalue weighted by molar-refractivity contribution is 7.16. The fourth-order valence-electron chi connectivity index (χ4n) is 1.42. The van der Waals surface area contributed by atoms with Crippen LogP contribution in [0, 0.1) is 0 Å². The van der Waals surface area contributed by atoms with Gasteiger partial charge in [-0.05, 0) is 18.7 Å². The Morgan fingerprint density at radius 1 is 1.50 bits per heavy atom. The molecular formula is C12H15N3O2S. The van der Waals surface area contributed by atoms with Crippen molar-refractivity contribution in [1.82, 2.24) is 15.6 Å². The average Bonchev–Trinajstić information content (AvgIpc) is 3.03. The highest BCUT2D eigenvalue weighted by Crippen LogP contribution is 2.25. The number of hydrogen-bond donors (Lipinski definition) is 2. The van der Waals surface area contributed by atoms with Crippen molar-refractivity contribution in [3.63, 3.8) is 0 Å². The van der Waals surface area contributed by atoms with Gasteiger partial charge < -0.3 is 15.1 Å². The van der Waals surface area contributed by atoms with E-state index in [2.05, 4.69) is 15.6 Å². The van der Waals surface area contributed by atoms with Crippen molar-refractivity contribution in [1.29, 1.82) is 0 Å². The van der Waals surface area contributed by atoms with Crippen LogP contribution in [0.4, 0.5) is 0 Å². The van der Waals surface area contributed by atoms with Gasteiger partial charge in [0.15, 0.2) is 10.8 Å². The smallest absolute Gasteiger partial charge is 0.263 e. The number of hydrogen-bond acceptors (Lipinski definition) is 5. The number of furan rings is 1. The van der Waals surface area contributed by atoms with Gasteiger partial charge in [-0.3, -0.25) is 4.79 Å². The summed E-state index contributed by atoms with van der Waals surface area (Å²) in [6.45, 7) is 4.31. The van der Waals surface area contributed by atoms with Gasteiger partial charge in [-0.1, -0.05) is 6.92 Å². The van der Waals surface area contributed by atoms with Crippen LogP contribution in [-0.4, -0.2) is 30.5 Å². The summed E-state index contributed by atoms with van der Waals surface area (Å²) in [7, 11) is 0. The van der Waals surface area contributed by atoms with Crippen LogP contribution in [-0.2, 0) is 0 Å². The Morgan fingerprint density at radius 2 is 2.39 bits per heavy atom. The lowest BCUT2D eigenvalue weighted by Gasteiger charge is -2.02. The number of carbonyl (C=O) groups excluding carboxylic acids is 1. The van der Waals surface area contributed by atoms with Crippen molar-refractivity contribution in [2.24, 2.45) is 0 Å². The van der Waals surface area contributed by atoms with Crippen molar-refractivity contribution in [3.05, 3.63) is 29.5 Å². The molecule has 2 N–H and O–H groups in total. The fourth-order valence-corrected chi connectivity index (χ4v) is 2.22. The Morgan fingerprint density at radius 3 is 3.11 bits per heavy atom. The summed E-state index contributed by atoms with van der Waals surface area (Å²) in [4.78, 5) is 16.6. The summed E-state index contributed by atoms with van der Waals surface area (Å²) in [5.41, 5.74) is 0. The molecule has 1 amide bonds. The van der Waals surface area contributed by atoms with Gasteiger partial charge in [0.2, 0.25) is 0 Å². The van der Waals surface area contributed by atoms with E-state index in [0.717, 1.165) is 18.1 Å². The van der Waals surface area contributed by atoms with Crippen LogP contribution in [0.15, 0.2) is 29.0 Å². The van der Waals surface area contributed by atoms with Crippen LogP contribution in [0.2, 0.25) is 0 Å². The minimum atomic E-state index is -0.0943. The Labute approximate surface area is 109 Å². The van der Waals surface area contributed by atoms with E-state index in [0.29, 0.717) is 17.2 Å².